The molecule has 0 aliphatic carbocycles. The molecule has 0 heterocycles. The van der Waals surface area contributed by atoms with E-state index in [2.05, 4.69) is 45.1 Å². The van der Waals surface area contributed by atoms with Gasteiger partial charge in [0.1, 0.15) is 13.2 Å². The van der Waals surface area contributed by atoms with E-state index < -0.39 is 6.10 Å². The Morgan fingerprint density at radius 1 is 0.388 bits per heavy atom. The lowest BCUT2D eigenvalue weighted by molar-refractivity contribution is -0.167. The third kappa shape index (κ3) is 37.0. The minimum absolute atomic E-state index is 0.0775. The molecule has 0 rings (SSSR count). The Hall–Kier alpha value is -2.11. The third-order valence-corrected chi connectivity index (χ3v) is 8.91. The average molecular weight is 691 g/mol. The zero-order valence-electron chi connectivity index (χ0n) is 32.5. The molecule has 0 aliphatic rings. The molecule has 1 unspecified atom stereocenters. The van der Waals surface area contributed by atoms with Crippen LogP contribution in [-0.2, 0) is 28.6 Å². The van der Waals surface area contributed by atoms with Crippen LogP contribution < -0.4 is 0 Å². The van der Waals surface area contributed by atoms with Crippen LogP contribution in [0.25, 0.3) is 0 Å². The lowest BCUT2D eigenvalue weighted by Gasteiger charge is -2.18. The molecule has 0 saturated carbocycles. The maximum atomic E-state index is 12.6. The maximum Gasteiger partial charge on any atom is 0.306 e. The van der Waals surface area contributed by atoms with Crippen molar-refractivity contribution in [2.24, 2.45) is 0 Å². The van der Waals surface area contributed by atoms with Crippen LogP contribution in [0.2, 0.25) is 0 Å². The van der Waals surface area contributed by atoms with Crippen LogP contribution in [0.15, 0.2) is 24.3 Å². The van der Waals surface area contributed by atoms with Crippen LogP contribution in [0.3, 0.4) is 0 Å². The Morgan fingerprint density at radius 2 is 0.714 bits per heavy atom. The number of carbonyl (C=O) groups is 3. The molecule has 0 aromatic heterocycles. The molecular weight excluding hydrogens is 612 g/mol. The van der Waals surface area contributed by atoms with Crippen molar-refractivity contribution in [3.05, 3.63) is 24.3 Å². The van der Waals surface area contributed by atoms with Gasteiger partial charge in [-0.1, -0.05) is 154 Å². The SMILES string of the molecule is CCC/C=C\CCCCCCCC(=O)OC(COC(=O)CCCCCCC)COC(=O)CCCCCCC/C=C\CCCCCCCCC. The quantitative estimate of drug-likeness (QED) is 0.0279. The lowest BCUT2D eigenvalue weighted by Crippen LogP contribution is -2.30. The molecule has 6 nitrogen and oxygen atoms in total. The van der Waals surface area contributed by atoms with Gasteiger partial charge in [0.05, 0.1) is 0 Å². The number of hydrogen-bond acceptors (Lipinski definition) is 6. The second kappa shape index (κ2) is 38.7. The van der Waals surface area contributed by atoms with Crippen LogP contribution in [-0.4, -0.2) is 37.2 Å². The molecule has 0 aliphatic heterocycles. The van der Waals surface area contributed by atoms with Crippen LogP contribution >= 0.6 is 0 Å². The molecule has 0 saturated heterocycles. The Kier molecular flexibility index (Phi) is 37.0. The van der Waals surface area contributed by atoms with Crippen molar-refractivity contribution in [2.45, 2.75) is 219 Å². The summed E-state index contributed by atoms with van der Waals surface area (Å²) in [6.45, 7) is 6.46. The average Bonchev–Trinajstić information content (AvgIpc) is 3.09. The second-order valence-electron chi connectivity index (χ2n) is 13.9. The summed E-state index contributed by atoms with van der Waals surface area (Å²) in [5.74, 6) is -0.912. The molecule has 0 N–H and O–H groups in total. The highest BCUT2D eigenvalue weighted by atomic mass is 16.6. The molecule has 0 bridgehead atoms. The summed E-state index contributed by atoms with van der Waals surface area (Å²) >= 11 is 0. The molecule has 6 heteroatoms. The number of hydrogen-bond donors (Lipinski definition) is 0. The van der Waals surface area contributed by atoms with Crippen LogP contribution in [0.1, 0.15) is 213 Å². The molecule has 0 fully saturated rings. The van der Waals surface area contributed by atoms with Gasteiger partial charge in [-0.15, -0.1) is 0 Å². The smallest absolute Gasteiger partial charge is 0.306 e. The van der Waals surface area contributed by atoms with Crippen LogP contribution in [0.4, 0.5) is 0 Å². The van der Waals surface area contributed by atoms with Crippen LogP contribution in [0.5, 0.6) is 0 Å². The summed E-state index contributed by atoms with van der Waals surface area (Å²) in [5, 5.41) is 0. The van der Waals surface area contributed by atoms with Gasteiger partial charge in [-0.2, -0.15) is 0 Å². The van der Waals surface area contributed by atoms with Gasteiger partial charge in [0.2, 0.25) is 0 Å². The first-order chi connectivity index (χ1) is 24.0. The van der Waals surface area contributed by atoms with Crippen molar-refractivity contribution in [3.63, 3.8) is 0 Å². The van der Waals surface area contributed by atoms with Gasteiger partial charge >= 0.3 is 17.9 Å². The number of esters is 3. The van der Waals surface area contributed by atoms with Gasteiger partial charge in [0.15, 0.2) is 6.10 Å². The van der Waals surface area contributed by atoms with Crippen molar-refractivity contribution in [3.8, 4) is 0 Å². The molecule has 0 aromatic carbocycles. The van der Waals surface area contributed by atoms with Gasteiger partial charge in [0.25, 0.3) is 0 Å². The summed E-state index contributed by atoms with van der Waals surface area (Å²) < 4.78 is 16.5. The van der Waals surface area contributed by atoms with Gasteiger partial charge in [0, 0.05) is 19.3 Å². The minimum Gasteiger partial charge on any atom is -0.462 e. The molecular formula is C43H78O6. The molecule has 0 radical (unpaired) electrons. The van der Waals surface area contributed by atoms with E-state index in [4.69, 9.17) is 14.2 Å². The monoisotopic (exact) mass is 691 g/mol. The fourth-order valence-electron chi connectivity index (χ4n) is 5.73. The highest BCUT2D eigenvalue weighted by Crippen LogP contribution is 2.13. The summed E-state index contributed by atoms with van der Waals surface area (Å²) in [7, 11) is 0. The fraction of sp³-hybridized carbons (Fsp3) is 0.837. The zero-order chi connectivity index (χ0) is 35.9. The van der Waals surface area contributed by atoms with Gasteiger partial charge < -0.3 is 14.2 Å². The second-order valence-corrected chi connectivity index (χ2v) is 13.9. The fourth-order valence-corrected chi connectivity index (χ4v) is 5.73. The molecule has 49 heavy (non-hydrogen) atoms. The predicted molar refractivity (Wildman–Crippen MR) is 206 cm³/mol. The van der Waals surface area contributed by atoms with E-state index in [1.807, 2.05) is 0 Å². The minimum atomic E-state index is -0.769. The highest BCUT2D eigenvalue weighted by Gasteiger charge is 2.19. The summed E-state index contributed by atoms with van der Waals surface area (Å²) in [6, 6.07) is 0. The number of carbonyl (C=O) groups excluding carboxylic acids is 3. The number of rotatable bonds is 37. The Morgan fingerprint density at radius 3 is 1.10 bits per heavy atom. The van der Waals surface area contributed by atoms with E-state index in [0.717, 1.165) is 89.9 Å². The van der Waals surface area contributed by atoms with Crippen LogP contribution in [0, 0.1) is 0 Å². The van der Waals surface area contributed by atoms with E-state index in [1.54, 1.807) is 0 Å². The molecule has 0 amide bonds. The number of allylic oxidation sites excluding steroid dienone is 4. The van der Waals surface area contributed by atoms with E-state index in [1.165, 1.54) is 83.5 Å². The molecule has 0 spiro atoms. The van der Waals surface area contributed by atoms with Crippen molar-refractivity contribution >= 4 is 17.9 Å². The van der Waals surface area contributed by atoms with E-state index in [-0.39, 0.29) is 31.1 Å². The summed E-state index contributed by atoms with van der Waals surface area (Å²) in [6.07, 6.45) is 40.5. The molecule has 286 valence electrons. The first kappa shape index (κ1) is 46.9. The first-order valence-corrected chi connectivity index (χ1v) is 20.8. The predicted octanol–water partition coefficient (Wildman–Crippen LogP) is 12.9. The van der Waals surface area contributed by atoms with Crippen molar-refractivity contribution in [1.82, 2.24) is 0 Å². The zero-order valence-corrected chi connectivity index (χ0v) is 32.5. The van der Waals surface area contributed by atoms with Crippen molar-refractivity contribution in [1.29, 1.82) is 0 Å². The molecule has 1 atom stereocenters. The van der Waals surface area contributed by atoms with E-state index >= 15 is 0 Å². The molecule has 0 aromatic rings. The number of unbranched alkanes of at least 4 members (excludes halogenated alkanes) is 22. The largest absolute Gasteiger partial charge is 0.462 e. The van der Waals surface area contributed by atoms with E-state index in [9.17, 15) is 14.4 Å². The Labute approximate surface area is 303 Å². The standard InChI is InChI=1S/C43H78O6/c1-4-7-10-13-15-17-19-20-21-22-23-24-26-27-30-33-36-42(45)48-39-40(38-47-41(44)35-32-29-12-9-6-3)49-43(46)37-34-31-28-25-18-16-14-11-8-5-2/h11,14,21-22,40H,4-10,12-13,15-20,23-39H2,1-3H3/b14-11-,22-21-. The number of ether oxygens (including phenoxy) is 3. The topological polar surface area (TPSA) is 78.9 Å². The van der Waals surface area contributed by atoms with Crippen molar-refractivity contribution in [2.75, 3.05) is 13.2 Å². The first-order valence-electron chi connectivity index (χ1n) is 20.8. The van der Waals surface area contributed by atoms with Gasteiger partial charge in [-0.3, -0.25) is 14.4 Å². The van der Waals surface area contributed by atoms with Crippen molar-refractivity contribution < 1.29 is 28.6 Å². The lowest BCUT2D eigenvalue weighted by atomic mass is 10.1. The summed E-state index contributed by atoms with van der Waals surface area (Å²) in [4.78, 5) is 37.3. The Bertz CT molecular complexity index is 804. The summed E-state index contributed by atoms with van der Waals surface area (Å²) in [5.41, 5.74) is 0. The highest BCUT2D eigenvalue weighted by molar-refractivity contribution is 5.71. The van der Waals surface area contributed by atoms with Gasteiger partial charge in [-0.25, -0.2) is 0 Å². The maximum absolute atomic E-state index is 12.6. The van der Waals surface area contributed by atoms with Gasteiger partial charge in [-0.05, 0) is 64.2 Å². The normalized spacial score (nSPS) is 12.1. The third-order valence-electron chi connectivity index (χ3n) is 8.91. The Balaban J connectivity index is 4.23. The van der Waals surface area contributed by atoms with E-state index in [0.29, 0.717) is 19.3 Å².